The van der Waals surface area contributed by atoms with Crippen LogP contribution in [0.2, 0.25) is 0 Å². The third-order valence-electron chi connectivity index (χ3n) is 2.47. The summed E-state index contributed by atoms with van der Waals surface area (Å²) in [6.07, 6.45) is 0. The van der Waals surface area contributed by atoms with Crippen molar-refractivity contribution in [1.82, 2.24) is 0 Å². The van der Waals surface area contributed by atoms with E-state index in [0.717, 1.165) is 0 Å². The molecule has 3 nitrogen and oxygen atoms in total. The zero-order valence-corrected chi connectivity index (χ0v) is 9.56. The second-order valence-corrected chi connectivity index (χ2v) is 3.77. The first-order valence-corrected chi connectivity index (χ1v) is 5.36. The number of nitrogens with zero attached hydrogens (tertiary/aromatic N) is 1. The minimum absolute atomic E-state index is 0.215. The Bertz CT molecular complexity index is 588. The molecule has 0 aliphatic rings. The second kappa shape index (κ2) is 5.19. The Labute approximate surface area is 104 Å². The lowest BCUT2D eigenvalue weighted by molar-refractivity contribution is 0.306. The Balaban J connectivity index is 2.11. The van der Waals surface area contributed by atoms with Gasteiger partial charge in [-0.2, -0.15) is 5.26 Å². The van der Waals surface area contributed by atoms with Gasteiger partial charge < -0.3 is 10.5 Å². The number of nitrogen functional groups attached to an aromatic ring is 1. The molecule has 90 valence electrons. The van der Waals surface area contributed by atoms with Crippen molar-refractivity contribution in [3.8, 4) is 11.8 Å². The molecule has 0 saturated carbocycles. The highest BCUT2D eigenvalue weighted by molar-refractivity contribution is 5.42. The number of hydrogen-bond acceptors (Lipinski definition) is 3. The topological polar surface area (TPSA) is 59.0 Å². The first-order valence-electron chi connectivity index (χ1n) is 5.36. The number of halogens is 1. The van der Waals surface area contributed by atoms with Gasteiger partial charge in [0.1, 0.15) is 18.2 Å². The van der Waals surface area contributed by atoms with Gasteiger partial charge in [0, 0.05) is 11.3 Å². The van der Waals surface area contributed by atoms with E-state index >= 15 is 0 Å². The van der Waals surface area contributed by atoms with Gasteiger partial charge in [-0.25, -0.2) is 4.39 Å². The number of ether oxygens (including phenoxy) is 1. The monoisotopic (exact) mass is 242 g/mol. The van der Waals surface area contributed by atoms with Gasteiger partial charge in [-0.15, -0.1) is 0 Å². The number of anilines is 1. The van der Waals surface area contributed by atoms with Crippen LogP contribution >= 0.6 is 0 Å². The summed E-state index contributed by atoms with van der Waals surface area (Å²) in [5.41, 5.74) is 7.14. The van der Waals surface area contributed by atoms with E-state index < -0.39 is 5.82 Å². The van der Waals surface area contributed by atoms with Gasteiger partial charge in [-0.3, -0.25) is 0 Å². The molecule has 0 aliphatic carbocycles. The molecule has 0 amide bonds. The van der Waals surface area contributed by atoms with Gasteiger partial charge in [0.15, 0.2) is 0 Å². The van der Waals surface area contributed by atoms with E-state index in [9.17, 15) is 4.39 Å². The first-order chi connectivity index (χ1) is 8.69. The van der Waals surface area contributed by atoms with Crippen molar-refractivity contribution in [2.45, 2.75) is 6.61 Å². The van der Waals surface area contributed by atoms with Crippen LogP contribution in [0.4, 0.5) is 10.1 Å². The quantitative estimate of drug-likeness (QED) is 0.842. The Morgan fingerprint density at radius 1 is 1.17 bits per heavy atom. The summed E-state index contributed by atoms with van der Waals surface area (Å²) in [4.78, 5) is 0. The Hall–Kier alpha value is -2.54. The van der Waals surface area contributed by atoms with Crippen LogP contribution < -0.4 is 10.5 Å². The van der Waals surface area contributed by atoms with Crippen molar-refractivity contribution in [3.05, 3.63) is 59.4 Å². The molecule has 2 aromatic rings. The van der Waals surface area contributed by atoms with E-state index in [1.165, 1.54) is 12.1 Å². The zero-order valence-electron chi connectivity index (χ0n) is 9.56. The molecule has 0 spiro atoms. The van der Waals surface area contributed by atoms with Crippen molar-refractivity contribution in [2.24, 2.45) is 0 Å². The van der Waals surface area contributed by atoms with Crippen LogP contribution in [0.3, 0.4) is 0 Å². The fourth-order valence-corrected chi connectivity index (χ4v) is 1.50. The minimum Gasteiger partial charge on any atom is -0.489 e. The minimum atomic E-state index is -0.428. The number of nitriles is 1. The van der Waals surface area contributed by atoms with E-state index in [1.807, 2.05) is 6.07 Å². The van der Waals surface area contributed by atoms with Crippen molar-refractivity contribution in [2.75, 3.05) is 5.73 Å². The summed E-state index contributed by atoms with van der Waals surface area (Å²) in [5, 5.41) is 8.89. The lowest BCUT2D eigenvalue weighted by atomic mass is 10.1. The zero-order chi connectivity index (χ0) is 13.0. The van der Waals surface area contributed by atoms with Gasteiger partial charge in [0.05, 0.1) is 11.6 Å². The molecule has 0 bridgehead atoms. The van der Waals surface area contributed by atoms with Gasteiger partial charge in [-0.05, 0) is 36.4 Å². The van der Waals surface area contributed by atoms with Crippen LogP contribution in [0.15, 0.2) is 42.5 Å². The standard InChI is InChI=1S/C14H11FN2O/c15-12-2-1-10(11(7-12)8-16)9-18-14-5-3-13(17)4-6-14/h1-7H,9,17H2. The third kappa shape index (κ3) is 2.77. The highest BCUT2D eigenvalue weighted by atomic mass is 19.1. The molecular formula is C14H11FN2O. The third-order valence-corrected chi connectivity index (χ3v) is 2.47. The molecule has 0 aliphatic heterocycles. The maximum absolute atomic E-state index is 12.9. The van der Waals surface area contributed by atoms with Crippen LogP contribution in [0.1, 0.15) is 11.1 Å². The summed E-state index contributed by atoms with van der Waals surface area (Å²) in [7, 11) is 0. The summed E-state index contributed by atoms with van der Waals surface area (Å²) >= 11 is 0. The van der Waals surface area contributed by atoms with Crippen molar-refractivity contribution >= 4 is 5.69 Å². The number of benzene rings is 2. The fraction of sp³-hybridized carbons (Fsp3) is 0.0714. The van der Waals surface area contributed by atoms with Crippen LogP contribution in [-0.2, 0) is 6.61 Å². The van der Waals surface area contributed by atoms with E-state index in [0.29, 0.717) is 17.0 Å². The average molecular weight is 242 g/mol. The lowest BCUT2D eigenvalue weighted by Gasteiger charge is -2.07. The SMILES string of the molecule is N#Cc1cc(F)ccc1COc1ccc(N)cc1. The van der Waals surface area contributed by atoms with E-state index in [4.69, 9.17) is 15.7 Å². The fourth-order valence-electron chi connectivity index (χ4n) is 1.50. The molecule has 2 aromatic carbocycles. The molecule has 0 radical (unpaired) electrons. The molecular weight excluding hydrogens is 231 g/mol. The molecule has 2 rings (SSSR count). The summed E-state index contributed by atoms with van der Waals surface area (Å²) in [5.74, 6) is 0.222. The van der Waals surface area contributed by atoms with Gasteiger partial charge in [0.2, 0.25) is 0 Å². The molecule has 0 unspecified atom stereocenters. The largest absolute Gasteiger partial charge is 0.489 e. The van der Waals surface area contributed by atoms with Crippen LogP contribution in [0.5, 0.6) is 5.75 Å². The molecule has 4 heteroatoms. The van der Waals surface area contributed by atoms with Crippen molar-refractivity contribution < 1.29 is 9.13 Å². The maximum atomic E-state index is 12.9. The molecule has 0 atom stereocenters. The smallest absolute Gasteiger partial charge is 0.124 e. The Morgan fingerprint density at radius 2 is 1.89 bits per heavy atom. The maximum Gasteiger partial charge on any atom is 0.124 e. The van der Waals surface area contributed by atoms with Gasteiger partial charge in [0.25, 0.3) is 0 Å². The molecule has 2 N–H and O–H groups in total. The van der Waals surface area contributed by atoms with Gasteiger partial charge in [-0.1, -0.05) is 6.07 Å². The molecule has 18 heavy (non-hydrogen) atoms. The van der Waals surface area contributed by atoms with Gasteiger partial charge >= 0.3 is 0 Å². The average Bonchev–Trinajstić information content (AvgIpc) is 2.39. The van der Waals surface area contributed by atoms with E-state index in [-0.39, 0.29) is 12.2 Å². The predicted octanol–water partition coefficient (Wildman–Crippen LogP) is 2.86. The van der Waals surface area contributed by atoms with Crippen molar-refractivity contribution in [3.63, 3.8) is 0 Å². The number of nitrogens with two attached hydrogens (primary N) is 1. The Kier molecular flexibility index (Phi) is 3.44. The predicted molar refractivity (Wildman–Crippen MR) is 66.3 cm³/mol. The lowest BCUT2D eigenvalue weighted by Crippen LogP contribution is -1.99. The Morgan fingerprint density at radius 3 is 2.56 bits per heavy atom. The van der Waals surface area contributed by atoms with Crippen LogP contribution in [-0.4, -0.2) is 0 Å². The first kappa shape index (κ1) is 11.9. The molecule has 0 aromatic heterocycles. The van der Waals surface area contributed by atoms with Crippen LogP contribution in [0.25, 0.3) is 0 Å². The molecule has 0 fully saturated rings. The molecule has 0 heterocycles. The summed E-state index contributed by atoms with van der Waals surface area (Å²) < 4.78 is 18.4. The van der Waals surface area contributed by atoms with E-state index in [1.54, 1.807) is 30.3 Å². The number of rotatable bonds is 3. The second-order valence-electron chi connectivity index (χ2n) is 3.77. The normalized spacial score (nSPS) is 9.78. The summed E-state index contributed by atoms with van der Waals surface area (Å²) in [6.45, 7) is 0.215. The highest BCUT2D eigenvalue weighted by Crippen LogP contribution is 2.17. The summed E-state index contributed by atoms with van der Waals surface area (Å²) in [6, 6.07) is 12.9. The highest BCUT2D eigenvalue weighted by Gasteiger charge is 2.04. The van der Waals surface area contributed by atoms with Crippen molar-refractivity contribution in [1.29, 1.82) is 5.26 Å². The van der Waals surface area contributed by atoms with E-state index in [2.05, 4.69) is 0 Å². The van der Waals surface area contributed by atoms with Crippen LogP contribution in [0, 0.1) is 17.1 Å². The number of hydrogen-bond donors (Lipinski definition) is 1. The molecule has 0 saturated heterocycles.